The summed E-state index contributed by atoms with van der Waals surface area (Å²) in [4.78, 5) is 2.49. The van der Waals surface area contributed by atoms with Gasteiger partial charge >= 0.3 is 0 Å². The third-order valence-electron chi connectivity index (χ3n) is 7.16. The van der Waals surface area contributed by atoms with E-state index < -0.39 is 0 Å². The molecule has 2 aliphatic rings. The molecule has 0 aromatic heterocycles. The highest BCUT2D eigenvalue weighted by molar-refractivity contribution is 5.76. The maximum absolute atomic E-state index is 13.5. The lowest BCUT2D eigenvalue weighted by Crippen LogP contribution is -2.33. The van der Waals surface area contributed by atoms with Crippen LogP contribution in [-0.2, 0) is 6.42 Å². The molecule has 0 radical (unpaired) electrons. The Morgan fingerprint density at radius 2 is 1.64 bits per heavy atom. The molecule has 3 nitrogen and oxygen atoms in total. The van der Waals surface area contributed by atoms with Crippen LogP contribution in [0.1, 0.15) is 54.7 Å². The van der Waals surface area contributed by atoms with Crippen molar-refractivity contribution < 1.29 is 14.2 Å². The van der Waals surface area contributed by atoms with Gasteiger partial charge in [0.25, 0.3) is 0 Å². The highest BCUT2D eigenvalue weighted by Crippen LogP contribution is 2.44. The summed E-state index contributed by atoms with van der Waals surface area (Å²) in [6.45, 7) is 4.11. The third-order valence-corrected chi connectivity index (χ3v) is 7.16. The first-order chi connectivity index (χ1) is 16.2. The SMILES string of the molecule is Oc1ccc2c(c1-c1ccc(F)cc1)CCCC2c1ccc(OCCN2CCCCC2)cc1. The van der Waals surface area contributed by atoms with E-state index in [0.29, 0.717) is 0 Å². The van der Waals surface area contributed by atoms with Crippen LogP contribution in [0.2, 0.25) is 0 Å². The van der Waals surface area contributed by atoms with E-state index in [1.807, 2.05) is 0 Å². The van der Waals surface area contributed by atoms with E-state index in [4.69, 9.17) is 4.74 Å². The molecule has 3 aromatic rings. The van der Waals surface area contributed by atoms with Crippen molar-refractivity contribution in [3.8, 4) is 22.6 Å². The Balaban J connectivity index is 1.33. The van der Waals surface area contributed by atoms with E-state index in [0.717, 1.165) is 49.3 Å². The standard InChI is InChI=1S/C29H32FNO2/c30-23-11-7-22(8-12-23)29-27-6-4-5-25(26(27)15-16-28(29)32)21-9-13-24(14-10-21)33-20-19-31-17-2-1-3-18-31/h7-16,25,32H,1-6,17-20H2. The van der Waals surface area contributed by atoms with Crippen LogP contribution >= 0.6 is 0 Å². The van der Waals surface area contributed by atoms with Crippen LogP contribution in [0.3, 0.4) is 0 Å². The number of halogens is 1. The first-order valence-corrected chi connectivity index (χ1v) is 12.2. The van der Waals surface area contributed by atoms with Crippen molar-refractivity contribution in [1.29, 1.82) is 0 Å². The minimum absolute atomic E-state index is 0.262. The fraction of sp³-hybridized carbons (Fsp3) is 0.379. The molecule has 1 N–H and O–H groups in total. The van der Waals surface area contributed by atoms with E-state index in [1.165, 1.54) is 61.2 Å². The molecule has 172 valence electrons. The van der Waals surface area contributed by atoms with Crippen molar-refractivity contribution in [1.82, 2.24) is 4.90 Å². The minimum atomic E-state index is -0.265. The summed E-state index contributed by atoms with van der Waals surface area (Å²) >= 11 is 0. The predicted octanol–water partition coefficient (Wildman–Crippen LogP) is 6.53. The van der Waals surface area contributed by atoms with Crippen LogP contribution in [0, 0.1) is 5.82 Å². The molecule has 4 heteroatoms. The quantitative estimate of drug-likeness (QED) is 0.468. The summed E-state index contributed by atoms with van der Waals surface area (Å²) < 4.78 is 19.5. The molecule has 0 amide bonds. The second kappa shape index (κ2) is 9.96. The second-order valence-electron chi connectivity index (χ2n) is 9.30. The molecule has 3 aromatic carbocycles. The summed E-state index contributed by atoms with van der Waals surface area (Å²) in [6, 6.07) is 18.8. The Morgan fingerprint density at radius 1 is 0.879 bits per heavy atom. The number of hydrogen-bond donors (Lipinski definition) is 1. The molecule has 33 heavy (non-hydrogen) atoms. The monoisotopic (exact) mass is 445 g/mol. The van der Waals surface area contributed by atoms with Crippen LogP contribution in [0.15, 0.2) is 60.7 Å². The van der Waals surface area contributed by atoms with Crippen LogP contribution in [-0.4, -0.2) is 36.2 Å². The summed E-state index contributed by atoms with van der Waals surface area (Å²) in [7, 11) is 0. The van der Waals surface area contributed by atoms with Crippen molar-refractivity contribution in [2.45, 2.75) is 44.4 Å². The van der Waals surface area contributed by atoms with Gasteiger partial charge in [-0.05, 0) is 97.8 Å². The highest BCUT2D eigenvalue weighted by Gasteiger charge is 2.26. The van der Waals surface area contributed by atoms with Gasteiger partial charge in [-0.1, -0.05) is 36.8 Å². The highest BCUT2D eigenvalue weighted by atomic mass is 19.1. The van der Waals surface area contributed by atoms with Crippen molar-refractivity contribution in [3.05, 3.63) is 83.2 Å². The number of phenols is 1. The molecule has 0 saturated carbocycles. The molecule has 1 atom stereocenters. The molecular formula is C29H32FNO2. The second-order valence-corrected chi connectivity index (χ2v) is 9.30. The Morgan fingerprint density at radius 3 is 2.39 bits per heavy atom. The summed E-state index contributed by atoms with van der Waals surface area (Å²) in [5, 5.41) is 10.6. The minimum Gasteiger partial charge on any atom is -0.507 e. The number of hydrogen-bond acceptors (Lipinski definition) is 3. The number of nitrogens with zero attached hydrogens (tertiary/aromatic N) is 1. The molecule has 1 heterocycles. The molecule has 5 rings (SSSR count). The molecule has 1 aliphatic carbocycles. The Hall–Kier alpha value is -2.85. The van der Waals surface area contributed by atoms with Crippen LogP contribution in [0.25, 0.3) is 11.1 Å². The van der Waals surface area contributed by atoms with Crippen molar-refractivity contribution in [2.24, 2.45) is 0 Å². The molecule has 0 bridgehead atoms. The lowest BCUT2D eigenvalue weighted by molar-refractivity contribution is 0.183. The number of aromatic hydroxyl groups is 1. The number of phenolic OH excluding ortho intramolecular Hbond substituents is 1. The van der Waals surface area contributed by atoms with Crippen LogP contribution in [0.5, 0.6) is 11.5 Å². The number of fused-ring (bicyclic) bond motifs is 1. The smallest absolute Gasteiger partial charge is 0.123 e. The first kappa shape index (κ1) is 22.0. The van der Waals surface area contributed by atoms with E-state index in [2.05, 4.69) is 35.2 Å². The fourth-order valence-corrected chi connectivity index (χ4v) is 5.44. The third kappa shape index (κ3) is 4.91. The Bertz CT molecular complexity index is 1070. The van der Waals surface area contributed by atoms with Crippen molar-refractivity contribution in [3.63, 3.8) is 0 Å². The molecule has 1 aliphatic heterocycles. The first-order valence-electron chi connectivity index (χ1n) is 12.2. The topological polar surface area (TPSA) is 32.7 Å². The average Bonchev–Trinajstić information content (AvgIpc) is 2.85. The largest absolute Gasteiger partial charge is 0.507 e. The lowest BCUT2D eigenvalue weighted by atomic mass is 9.76. The van der Waals surface area contributed by atoms with Gasteiger partial charge in [0.15, 0.2) is 0 Å². The molecule has 0 spiro atoms. The number of ether oxygens (including phenoxy) is 1. The summed E-state index contributed by atoms with van der Waals surface area (Å²) in [6.07, 6.45) is 7.02. The van der Waals surface area contributed by atoms with Crippen molar-refractivity contribution in [2.75, 3.05) is 26.2 Å². The van der Waals surface area contributed by atoms with Crippen LogP contribution in [0.4, 0.5) is 4.39 Å². The normalized spacial score (nSPS) is 18.6. The van der Waals surface area contributed by atoms with Gasteiger partial charge in [0.05, 0.1) is 0 Å². The molecule has 1 unspecified atom stereocenters. The van der Waals surface area contributed by atoms with E-state index >= 15 is 0 Å². The van der Waals surface area contributed by atoms with E-state index in [1.54, 1.807) is 18.2 Å². The van der Waals surface area contributed by atoms with Crippen LogP contribution < -0.4 is 4.74 Å². The van der Waals surface area contributed by atoms with Gasteiger partial charge in [-0.25, -0.2) is 4.39 Å². The van der Waals surface area contributed by atoms with E-state index in [-0.39, 0.29) is 17.5 Å². The molecule has 1 saturated heterocycles. The van der Waals surface area contributed by atoms with Crippen molar-refractivity contribution >= 4 is 0 Å². The van der Waals surface area contributed by atoms with Gasteiger partial charge in [0.2, 0.25) is 0 Å². The van der Waals surface area contributed by atoms with Gasteiger partial charge in [-0.3, -0.25) is 4.90 Å². The number of piperidine rings is 1. The zero-order chi connectivity index (χ0) is 22.6. The average molecular weight is 446 g/mol. The summed E-state index contributed by atoms with van der Waals surface area (Å²) in [5.41, 5.74) is 5.42. The molecular weight excluding hydrogens is 413 g/mol. The summed E-state index contributed by atoms with van der Waals surface area (Å²) in [5.74, 6) is 1.21. The van der Waals surface area contributed by atoms with Gasteiger partial charge in [-0.2, -0.15) is 0 Å². The maximum Gasteiger partial charge on any atom is 0.123 e. The van der Waals surface area contributed by atoms with Gasteiger partial charge in [-0.15, -0.1) is 0 Å². The zero-order valence-electron chi connectivity index (χ0n) is 19.1. The zero-order valence-corrected chi connectivity index (χ0v) is 19.1. The number of benzene rings is 3. The Kier molecular flexibility index (Phi) is 6.63. The van der Waals surface area contributed by atoms with Gasteiger partial charge in [0, 0.05) is 18.0 Å². The van der Waals surface area contributed by atoms with Gasteiger partial charge < -0.3 is 9.84 Å². The number of rotatable bonds is 6. The Labute approximate surface area is 195 Å². The lowest BCUT2D eigenvalue weighted by Gasteiger charge is -2.29. The predicted molar refractivity (Wildman–Crippen MR) is 131 cm³/mol. The maximum atomic E-state index is 13.5. The molecule has 1 fully saturated rings. The van der Waals surface area contributed by atoms with Gasteiger partial charge in [0.1, 0.15) is 23.9 Å². The van der Waals surface area contributed by atoms with E-state index in [9.17, 15) is 9.50 Å². The fourth-order valence-electron chi connectivity index (χ4n) is 5.44. The number of likely N-dealkylation sites (tertiary alicyclic amines) is 1.